The molecule has 0 radical (unpaired) electrons. The number of nitrogens with two attached hydrogens (primary N) is 1. The Morgan fingerprint density at radius 3 is 2.45 bits per heavy atom. The summed E-state index contributed by atoms with van der Waals surface area (Å²) in [6, 6.07) is 2.95. The van der Waals surface area contributed by atoms with Crippen LogP contribution in [0.2, 0.25) is 0 Å². The van der Waals surface area contributed by atoms with Crippen LogP contribution in [0.1, 0.15) is 15.9 Å². The van der Waals surface area contributed by atoms with Crippen LogP contribution in [-0.4, -0.2) is 34.5 Å². The zero-order valence-corrected chi connectivity index (χ0v) is 14.3. The number of hydrogen-bond acceptors (Lipinski definition) is 4. The van der Waals surface area contributed by atoms with Crippen LogP contribution >= 0.6 is 28.3 Å². The molecule has 0 fully saturated rings. The molecule has 20 heavy (non-hydrogen) atoms. The predicted molar refractivity (Wildman–Crippen MR) is 83.8 cm³/mol. The van der Waals surface area contributed by atoms with Crippen molar-refractivity contribution >= 4 is 44.3 Å². The maximum absolute atomic E-state index is 12.0. The molecule has 1 aromatic carbocycles. The average Bonchev–Trinajstić information content (AvgIpc) is 2.30. The third-order valence-corrected chi connectivity index (χ3v) is 4.03. The smallest absolute Gasteiger partial charge is 0.251 e. The van der Waals surface area contributed by atoms with E-state index >= 15 is 0 Å². The first-order valence-electron chi connectivity index (χ1n) is 5.53. The van der Waals surface area contributed by atoms with Gasteiger partial charge in [-0.2, -0.15) is 0 Å². The molecule has 0 spiro atoms. The Hall–Kier alpha value is -0.670. The fourth-order valence-electron chi connectivity index (χ4n) is 1.58. The molecule has 0 atom stereocenters. The van der Waals surface area contributed by atoms with Gasteiger partial charge in [-0.1, -0.05) is 15.9 Å². The average molecular weight is 387 g/mol. The summed E-state index contributed by atoms with van der Waals surface area (Å²) in [5.74, 6) is -0.334. The molecule has 0 aliphatic heterocycles. The highest BCUT2D eigenvalue weighted by Crippen LogP contribution is 2.23. The number of sulfonamides is 1. The Balaban J connectivity index is 0.00000361. The number of carbonyl (C=O) groups excluding carboxylic acids is 1. The monoisotopic (exact) mass is 385 g/mol. The fourth-order valence-corrected chi connectivity index (χ4v) is 3.02. The number of likely N-dealkylation sites (N-methyl/N-ethyl adjacent to an activating group) is 1. The van der Waals surface area contributed by atoms with Gasteiger partial charge < -0.3 is 10.6 Å². The molecule has 1 rings (SSSR count). The van der Waals surface area contributed by atoms with Gasteiger partial charge in [-0.3, -0.25) is 4.79 Å². The molecule has 0 heterocycles. The molecule has 0 saturated carbocycles. The van der Waals surface area contributed by atoms with Crippen molar-refractivity contribution in [2.75, 3.05) is 20.1 Å². The van der Waals surface area contributed by atoms with Crippen LogP contribution in [0.15, 0.2) is 21.5 Å². The molecule has 0 saturated heterocycles. The van der Waals surface area contributed by atoms with E-state index in [0.717, 1.165) is 0 Å². The van der Waals surface area contributed by atoms with Crippen molar-refractivity contribution in [1.29, 1.82) is 0 Å². The second kappa shape index (κ2) is 7.94. The zero-order chi connectivity index (χ0) is 14.6. The third-order valence-electron chi connectivity index (χ3n) is 2.54. The van der Waals surface area contributed by atoms with Crippen molar-refractivity contribution in [3.8, 4) is 0 Å². The molecule has 0 aromatic heterocycles. The van der Waals surface area contributed by atoms with Gasteiger partial charge in [-0.05, 0) is 31.7 Å². The Bertz CT molecular complexity index is 593. The number of benzene rings is 1. The highest BCUT2D eigenvalue weighted by molar-refractivity contribution is 9.10. The lowest BCUT2D eigenvalue weighted by molar-refractivity contribution is 0.0953. The minimum absolute atomic E-state index is 0. The lowest BCUT2D eigenvalue weighted by Crippen LogP contribution is -2.31. The number of carbonyl (C=O) groups is 1. The van der Waals surface area contributed by atoms with Crippen LogP contribution in [0.4, 0.5) is 0 Å². The second-order valence-corrected chi connectivity index (χ2v) is 6.43. The Kier molecular flexibility index (Phi) is 7.67. The third kappa shape index (κ3) is 5.02. The van der Waals surface area contributed by atoms with Gasteiger partial charge in [0.25, 0.3) is 5.91 Å². The van der Waals surface area contributed by atoms with Crippen molar-refractivity contribution in [2.45, 2.75) is 11.8 Å². The molecular formula is C11H17BrClN3O3S. The van der Waals surface area contributed by atoms with Gasteiger partial charge in [0.1, 0.15) is 0 Å². The molecule has 1 amide bonds. The van der Waals surface area contributed by atoms with Gasteiger partial charge in [0, 0.05) is 23.1 Å². The summed E-state index contributed by atoms with van der Waals surface area (Å²) in [7, 11) is -2.09. The normalized spacial score (nSPS) is 10.8. The standard InChI is InChI=1S/C11H16BrN3O3S.ClH/c1-7-9(11(16)15-4-3-14-2)5-8(12)6-10(7)19(13,17)18;/h5-6,14H,3-4H2,1-2H3,(H,15,16)(H2,13,17,18);1H. The topological polar surface area (TPSA) is 101 Å². The Morgan fingerprint density at radius 2 is 1.95 bits per heavy atom. The Morgan fingerprint density at radius 1 is 1.35 bits per heavy atom. The summed E-state index contributed by atoms with van der Waals surface area (Å²) in [6.07, 6.45) is 0. The minimum atomic E-state index is -3.86. The number of primary sulfonamides is 1. The second-order valence-electron chi connectivity index (χ2n) is 3.98. The lowest BCUT2D eigenvalue weighted by Gasteiger charge is -2.11. The first kappa shape index (κ1) is 19.3. The largest absolute Gasteiger partial charge is 0.351 e. The minimum Gasteiger partial charge on any atom is -0.351 e. The van der Waals surface area contributed by atoms with E-state index in [1.807, 2.05) is 0 Å². The van der Waals surface area contributed by atoms with Crippen LogP contribution in [0.5, 0.6) is 0 Å². The quantitative estimate of drug-likeness (QED) is 0.651. The Labute approximate surface area is 133 Å². The van der Waals surface area contributed by atoms with Gasteiger partial charge in [0.15, 0.2) is 0 Å². The molecule has 0 aliphatic carbocycles. The highest BCUT2D eigenvalue weighted by atomic mass is 79.9. The summed E-state index contributed by atoms with van der Waals surface area (Å²) in [4.78, 5) is 11.9. The van der Waals surface area contributed by atoms with Gasteiger partial charge >= 0.3 is 0 Å². The predicted octanol–water partition coefficient (Wildman–Crippen LogP) is 0.776. The van der Waals surface area contributed by atoms with Gasteiger partial charge in [0.05, 0.1) is 4.90 Å². The number of hydrogen-bond donors (Lipinski definition) is 3. The SMILES string of the molecule is CNCCNC(=O)c1cc(Br)cc(S(N)(=O)=O)c1C.Cl. The van der Waals surface area contributed by atoms with Crippen LogP contribution < -0.4 is 15.8 Å². The summed E-state index contributed by atoms with van der Waals surface area (Å²) < 4.78 is 23.4. The fraction of sp³-hybridized carbons (Fsp3) is 0.364. The number of amides is 1. The van der Waals surface area contributed by atoms with Crippen molar-refractivity contribution < 1.29 is 13.2 Å². The maximum atomic E-state index is 12.0. The first-order valence-corrected chi connectivity index (χ1v) is 7.87. The van der Waals surface area contributed by atoms with E-state index < -0.39 is 10.0 Å². The van der Waals surface area contributed by atoms with Gasteiger partial charge in [-0.15, -0.1) is 12.4 Å². The van der Waals surface area contributed by atoms with E-state index in [2.05, 4.69) is 26.6 Å². The van der Waals surface area contributed by atoms with Crippen molar-refractivity contribution in [1.82, 2.24) is 10.6 Å². The first-order chi connectivity index (χ1) is 8.77. The van der Waals surface area contributed by atoms with E-state index in [9.17, 15) is 13.2 Å². The van der Waals surface area contributed by atoms with Crippen LogP contribution in [0.3, 0.4) is 0 Å². The summed E-state index contributed by atoms with van der Waals surface area (Å²) in [5.41, 5.74) is 0.627. The van der Waals surface area contributed by atoms with Crippen molar-refractivity contribution in [3.63, 3.8) is 0 Å². The highest BCUT2D eigenvalue weighted by Gasteiger charge is 2.19. The van der Waals surface area contributed by atoms with Crippen LogP contribution in [0.25, 0.3) is 0 Å². The molecular weight excluding hydrogens is 370 g/mol. The molecule has 0 unspecified atom stereocenters. The zero-order valence-electron chi connectivity index (χ0n) is 11.1. The molecule has 1 aromatic rings. The number of nitrogens with one attached hydrogen (secondary N) is 2. The van der Waals surface area contributed by atoms with E-state index in [-0.39, 0.29) is 28.8 Å². The molecule has 0 bridgehead atoms. The van der Waals surface area contributed by atoms with E-state index in [0.29, 0.717) is 23.1 Å². The lowest BCUT2D eigenvalue weighted by atomic mass is 10.1. The van der Waals surface area contributed by atoms with E-state index in [1.165, 1.54) is 6.07 Å². The van der Waals surface area contributed by atoms with E-state index in [1.54, 1.807) is 20.0 Å². The van der Waals surface area contributed by atoms with Crippen LogP contribution in [0, 0.1) is 6.92 Å². The van der Waals surface area contributed by atoms with Gasteiger partial charge in [-0.25, -0.2) is 13.6 Å². The number of halogens is 2. The summed E-state index contributed by atoms with van der Waals surface area (Å²) in [5, 5.41) is 10.7. The van der Waals surface area contributed by atoms with Crippen molar-refractivity contribution in [2.24, 2.45) is 5.14 Å². The summed E-state index contributed by atoms with van der Waals surface area (Å²) in [6.45, 7) is 2.63. The maximum Gasteiger partial charge on any atom is 0.251 e. The molecule has 114 valence electrons. The number of rotatable bonds is 5. The molecule has 0 aliphatic rings. The molecule has 4 N–H and O–H groups in total. The van der Waals surface area contributed by atoms with Crippen LogP contribution in [-0.2, 0) is 10.0 Å². The van der Waals surface area contributed by atoms with E-state index in [4.69, 9.17) is 5.14 Å². The van der Waals surface area contributed by atoms with Gasteiger partial charge in [0.2, 0.25) is 10.0 Å². The van der Waals surface area contributed by atoms with Crippen molar-refractivity contribution in [3.05, 3.63) is 27.7 Å². The molecule has 6 nitrogen and oxygen atoms in total. The molecule has 9 heteroatoms. The summed E-state index contributed by atoms with van der Waals surface area (Å²) >= 11 is 3.18.